The number of ether oxygens (including phenoxy) is 1. The Morgan fingerprint density at radius 2 is 1.32 bits per heavy atom. The zero-order chi connectivity index (χ0) is 22.8. The lowest BCUT2D eigenvalue weighted by Gasteiger charge is -2.27. The van der Waals surface area contributed by atoms with Crippen LogP contribution in [0.25, 0.3) is 0 Å². The molecule has 1 unspecified atom stereocenters. The number of aryl methyl sites for hydroxylation is 2. The van der Waals surface area contributed by atoms with Gasteiger partial charge in [0.25, 0.3) is 20.0 Å². The lowest BCUT2D eigenvalue weighted by atomic mass is 10.1. The van der Waals surface area contributed by atoms with Crippen LogP contribution in [0.2, 0.25) is 0 Å². The fraction of sp³-hybridized carbons (Fsp3) is 0.318. The Morgan fingerprint density at radius 3 is 1.74 bits per heavy atom. The van der Waals surface area contributed by atoms with Crippen molar-refractivity contribution in [1.29, 1.82) is 0 Å². The van der Waals surface area contributed by atoms with Crippen LogP contribution in [-0.2, 0) is 29.6 Å². The van der Waals surface area contributed by atoms with E-state index in [1.165, 1.54) is 31.2 Å². The van der Waals surface area contributed by atoms with Crippen LogP contribution in [-0.4, -0.2) is 39.2 Å². The molecule has 1 aliphatic carbocycles. The summed E-state index contributed by atoms with van der Waals surface area (Å²) in [6, 6.07) is 11.2. The molecule has 0 aromatic heterocycles. The molecule has 0 fully saturated rings. The van der Waals surface area contributed by atoms with Crippen molar-refractivity contribution < 1.29 is 26.4 Å². The molecule has 0 saturated heterocycles. The monoisotopic (exact) mass is 463 g/mol. The van der Waals surface area contributed by atoms with E-state index < -0.39 is 32.1 Å². The van der Waals surface area contributed by atoms with Crippen LogP contribution in [0.1, 0.15) is 24.5 Å². The Balaban J connectivity index is 2.04. The van der Waals surface area contributed by atoms with Gasteiger partial charge in [-0.1, -0.05) is 51.3 Å². The first kappa shape index (κ1) is 23.2. The van der Waals surface area contributed by atoms with Gasteiger partial charge in [-0.05, 0) is 44.5 Å². The highest BCUT2D eigenvalue weighted by molar-refractivity contribution is 8.04. The third-order valence-corrected chi connectivity index (χ3v) is 9.44. The largest absolute Gasteiger partial charge is 0.465 e. The predicted molar refractivity (Wildman–Crippen MR) is 116 cm³/mol. The number of nitrogens with zero attached hydrogens (tertiary/aromatic N) is 1. The van der Waals surface area contributed by atoms with E-state index in [1.54, 1.807) is 36.4 Å². The van der Waals surface area contributed by atoms with Gasteiger partial charge in [-0.15, -0.1) is 0 Å². The number of hydrogen-bond donors (Lipinski definition) is 0. The summed E-state index contributed by atoms with van der Waals surface area (Å²) < 4.78 is 59.7. The number of esters is 1. The fourth-order valence-electron chi connectivity index (χ4n) is 3.37. The van der Waals surface area contributed by atoms with Crippen molar-refractivity contribution >= 4 is 26.0 Å². The molecule has 0 radical (unpaired) electrons. The van der Waals surface area contributed by atoms with E-state index in [0.717, 1.165) is 11.1 Å². The van der Waals surface area contributed by atoms with Crippen molar-refractivity contribution in [2.24, 2.45) is 5.92 Å². The highest BCUT2D eigenvalue weighted by atomic mass is 32.3. The second kappa shape index (κ2) is 8.94. The van der Waals surface area contributed by atoms with Crippen molar-refractivity contribution in [2.45, 2.75) is 43.0 Å². The van der Waals surface area contributed by atoms with Crippen molar-refractivity contribution in [3.05, 3.63) is 71.8 Å². The lowest BCUT2D eigenvalue weighted by molar-refractivity contribution is -0.141. The molecule has 2 atom stereocenters. The molecule has 0 spiro atoms. The van der Waals surface area contributed by atoms with Crippen LogP contribution >= 0.6 is 0 Å². The maximum absolute atomic E-state index is 13.5. The molecular formula is C22H25NO6S2. The summed E-state index contributed by atoms with van der Waals surface area (Å²) in [5, 5.41) is 0. The van der Waals surface area contributed by atoms with Gasteiger partial charge < -0.3 is 4.74 Å². The van der Waals surface area contributed by atoms with Crippen molar-refractivity contribution in [3.8, 4) is 0 Å². The van der Waals surface area contributed by atoms with E-state index in [1.807, 2.05) is 13.8 Å². The van der Waals surface area contributed by atoms with Crippen LogP contribution in [0.3, 0.4) is 0 Å². The Bertz CT molecular complexity index is 1110. The predicted octanol–water partition coefficient (Wildman–Crippen LogP) is 3.19. The number of carbonyl (C=O) groups excluding carboxylic acids is 1. The van der Waals surface area contributed by atoms with E-state index in [9.17, 15) is 21.6 Å². The fourth-order valence-corrected chi connectivity index (χ4v) is 7.32. The van der Waals surface area contributed by atoms with Crippen molar-refractivity contribution in [3.63, 3.8) is 0 Å². The van der Waals surface area contributed by atoms with Gasteiger partial charge in [0, 0.05) is 12.8 Å². The number of benzene rings is 2. The minimum Gasteiger partial charge on any atom is -0.465 e. The summed E-state index contributed by atoms with van der Waals surface area (Å²) in [5.41, 5.74) is 1.71. The number of hydrogen-bond acceptors (Lipinski definition) is 6. The second-order valence-electron chi connectivity index (χ2n) is 7.61. The van der Waals surface area contributed by atoms with Gasteiger partial charge >= 0.3 is 5.97 Å². The molecule has 31 heavy (non-hydrogen) atoms. The Kier molecular flexibility index (Phi) is 6.68. The Hall–Kier alpha value is -2.49. The summed E-state index contributed by atoms with van der Waals surface area (Å²) >= 11 is 0. The van der Waals surface area contributed by atoms with Gasteiger partial charge in [-0.2, -0.15) is 0 Å². The van der Waals surface area contributed by atoms with Crippen LogP contribution in [0.4, 0.5) is 0 Å². The zero-order valence-corrected chi connectivity index (χ0v) is 19.2. The van der Waals surface area contributed by atoms with Crippen molar-refractivity contribution in [1.82, 2.24) is 3.71 Å². The zero-order valence-electron chi connectivity index (χ0n) is 17.6. The molecule has 0 amide bonds. The highest BCUT2D eigenvalue weighted by Crippen LogP contribution is 2.33. The molecule has 0 N–H and O–H groups in total. The van der Waals surface area contributed by atoms with Crippen LogP contribution in [0, 0.1) is 19.8 Å². The number of sulfonamides is 2. The first-order valence-corrected chi connectivity index (χ1v) is 12.6. The lowest BCUT2D eigenvalue weighted by Crippen LogP contribution is -2.43. The standard InChI is InChI=1S/C22H25NO6S2/c1-16-4-10-21(11-5-16)30(25,26)23(20-9-8-19(14-20)15-29-18(3)24)31(27,28)22-12-6-17(2)7-13-22/h4-13,19-20H,14-15H2,1-3H3/t19-,20?/m0/s1. The smallest absolute Gasteiger partial charge is 0.302 e. The van der Waals surface area contributed by atoms with Crippen molar-refractivity contribution in [2.75, 3.05) is 6.61 Å². The average molecular weight is 464 g/mol. The van der Waals surface area contributed by atoms with Gasteiger partial charge in [0.15, 0.2) is 0 Å². The molecule has 0 bridgehead atoms. The van der Waals surface area contributed by atoms with E-state index in [4.69, 9.17) is 4.74 Å². The molecule has 166 valence electrons. The van der Waals surface area contributed by atoms with E-state index in [-0.39, 0.29) is 28.7 Å². The topological polar surface area (TPSA) is 97.8 Å². The minimum atomic E-state index is -4.39. The average Bonchev–Trinajstić information content (AvgIpc) is 3.14. The van der Waals surface area contributed by atoms with E-state index in [0.29, 0.717) is 3.71 Å². The molecule has 0 aliphatic heterocycles. The number of carbonyl (C=O) groups is 1. The van der Waals surface area contributed by atoms with Gasteiger partial charge in [0.05, 0.1) is 22.4 Å². The van der Waals surface area contributed by atoms with Crippen LogP contribution in [0.15, 0.2) is 70.5 Å². The molecular weight excluding hydrogens is 438 g/mol. The SMILES string of the molecule is CC(=O)OC[C@H]1C=CC(N(S(=O)(=O)c2ccc(C)cc2)S(=O)(=O)c2ccc(C)cc2)C1. The minimum absolute atomic E-state index is 0.0608. The Morgan fingerprint density at radius 1 is 0.871 bits per heavy atom. The van der Waals surface area contributed by atoms with Gasteiger partial charge in [0.1, 0.15) is 0 Å². The maximum atomic E-state index is 13.5. The normalized spacial score (nSPS) is 19.0. The summed E-state index contributed by atoms with van der Waals surface area (Å²) in [6.07, 6.45) is 3.42. The molecule has 7 nitrogen and oxygen atoms in total. The first-order valence-electron chi connectivity index (χ1n) is 9.76. The van der Waals surface area contributed by atoms with Crippen LogP contribution < -0.4 is 0 Å². The summed E-state index contributed by atoms with van der Waals surface area (Å²) in [4.78, 5) is 10.9. The summed E-state index contributed by atoms with van der Waals surface area (Å²) in [6.45, 7) is 4.98. The molecule has 0 saturated carbocycles. The summed E-state index contributed by atoms with van der Waals surface area (Å²) in [7, 11) is -8.77. The third-order valence-electron chi connectivity index (χ3n) is 5.03. The first-order chi connectivity index (χ1) is 14.5. The summed E-state index contributed by atoms with van der Waals surface area (Å²) in [5.74, 6) is -0.730. The van der Waals surface area contributed by atoms with Gasteiger partial charge in [-0.3, -0.25) is 4.79 Å². The molecule has 2 aromatic carbocycles. The molecule has 2 aromatic rings. The van der Waals surface area contributed by atoms with Gasteiger partial charge in [-0.25, -0.2) is 16.8 Å². The maximum Gasteiger partial charge on any atom is 0.302 e. The van der Waals surface area contributed by atoms with E-state index in [2.05, 4.69) is 0 Å². The van der Waals surface area contributed by atoms with Crippen LogP contribution in [0.5, 0.6) is 0 Å². The highest BCUT2D eigenvalue weighted by Gasteiger charge is 2.43. The second-order valence-corrected chi connectivity index (χ2v) is 11.5. The molecule has 9 heteroatoms. The molecule has 3 rings (SSSR count). The van der Waals surface area contributed by atoms with Gasteiger partial charge in [0.2, 0.25) is 0 Å². The number of rotatable bonds is 7. The van der Waals surface area contributed by atoms with E-state index >= 15 is 0 Å². The Labute approximate surface area is 183 Å². The quantitative estimate of drug-likeness (QED) is 0.462. The molecule has 1 aliphatic rings. The third kappa shape index (κ3) is 5.06. The molecule has 0 heterocycles.